The number of nitrogens with one attached hydrogen (secondary N) is 1. The van der Waals surface area contributed by atoms with E-state index in [4.69, 9.17) is 4.74 Å². The molecule has 0 aliphatic heterocycles. The Morgan fingerprint density at radius 1 is 1.08 bits per heavy atom. The number of anilines is 1. The summed E-state index contributed by atoms with van der Waals surface area (Å²) in [4.78, 5) is 23.3. The quantitative estimate of drug-likeness (QED) is 0.660. The van der Waals surface area contributed by atoms with Crippen LogP contribution in [0.4, 0.5) is 5.69 Å². The number of rotatable bonds is 5. The van der Waals surface area contributed by atoms with Gasteiger partial charge in [-0.25, -0.2) is 4.79 Å². The fourth-order valence-corrected chi connectivity index (χ4v) is 2.47. The maximum Gasteiger partial charge on any atom is 0.337 e. The van der Waals surface area contributed by atoms with Crippen molar-refractivity contribution in [2.45, 2.75) is 6.42 Å². The Balaban J connectivity index is 2.11. The van der Waals surface area contributed by atoms with Crippen LogP contribution in [0, 0.1) is 11.8 Å². The smallest absolute Gasteiger partial charge is 0.337 e. The summed E-state index contributed by atoms with van der Waals surface area (Å²) >= 11 is 1.64. The molecular formula is C20H19NO3S. The molecule has 0 heterocycles. The van der Waals surface area contributed by atoms with Crippen LogP contribution in [0.25, 0.3) is 0 Å². The van der Waals surface area contributed by atoms with E-state index in [1.807, 2.05) is 36.6 Å². The zero-order chi connectivity index (χ0) is 18.1. The number of esters is 1. The van der Waals surface area contributed by atoms with E-state index in [-0.39, 0.29) is 5.91 Å². The van der Waals surface area contributed by atoms with Gasteiger partial charge >= 0.3 is 5.97 Å². The molecule has 0 aliphatic carbocycles. The third kappa shape index (κ3) is 6.02. The summed E-state index contributed by atoms with van der Waals surface area (Å²) in [6, 6.07) is 14.3. The standard InChI is InChI=1S/C20H19NO3S/c1-24-20(23)17-7-3-5-15(13-17)9-10-16-6-4-8-18(14-16)21-19(22)11-12-25-2/h3-8,13-14H,11-12H2,1-2H3,(H,21,22). The Morgan fingerprint density at radius 2 is 1.76 bits per heavy atom. The number of amides is 1. The topological polar surface area (TPSA) is 55.4 Å². The van der Waals surface area contributed by atoms with Gasteiger partial charge in [-0.15, -0.1) is 0 Å². The number of hydrogen-bond acceptors (Lipinski definition) is 4. The number of thioether (sulfide) groups is 1. The van der Waals surface area contributed by atoms with Crippen LogP contribution < -0.4 is 5.32 Å². The Bertz CT molecular complexity index is 821. The Kier molecular flexibility index (Phi) is 7.12. The zero-order valence-electron chi connectivity index (χ0n) is 14.2. The Hall–Kier alpha value is -2.71. The molecule has 0 spiro atoms. The van der Waals surface area contributed by atoms with E-state index in [0.29, 0.717) is 12.0 Å². The molecule has 25 heavy (non-hydrogen) atoms. The lowest BCUT2D eigenvalue weighted by Crippen LogP contribution is -2.12. The van der Waals surface area contributed by atoms with E-state index in [0.717, 1.165) is 22.6 Å². The van der Waals surface area contributed by atoms with Crippen molar-refractivity contribution in [1.82, 2.24) is 0 Å². The van der Waals surface area contributed by atoms with Crippen LogP contribution in [0.15, 0.2) is 48.5 Å². The lowest BCUT2D eigenvalue weighted by Gasteiger charge is -2.04. The fourth-order valence-electron chi connectivity index (χ4n) is 2.08. The molecule has 0 saturated heterocycles. The molecule has 0 fully saturated rings. The normalized spacial score (nSPS) is 9.68. The highest BCUT2D eigenvalue weighted by Gasteiger charge is 2.04. The lowest BCUT2D eigenvalue weighted by molar-refractivity contribution is -0.115. The predicted molar refractivity (Wildman–Crippen MR) is 102 cm³/mol. The largest absolute Gasteiger partial charge is 0.465 e. The highest BCUT2D eigenvalue weighted by atomic mass is 32.2. The fraction of sp³-hybridized carbons (Fsp3) is 0.200. The summed E-state index contributed by atoms with van der Waals surface area (Å²) in [6.45, 7) is 0. The molecule has 4 nitrogen and oxygen atoms in total. The van der Waals surface area contributed by atoms with Gasteiger partial charge in [0.15, 0.2) is 0 Å². The van der Waals surface area contributed by atoms with E-state index in [2.05, 4.69) is 17.2 Å². The van der Waals surface area contributed by atoms with Gasteiger partial charge in [-0.05, 0) is 42.7 Å². The number of carbonyl (C=O) groups excluding carboxylic acids is 2. The molecule has 5 heteroatoms. The minimum Gasteiger partial charge on any atom is -0.465 e. The van der Waals surface area contributed by atoms with Crippen LogP contribution in [0.1, 0.15) is 27.9 Å². The average molecular weight is 353 g/mol. The molecular weight excluding hydrogens is 334 g/mol. The van der Waals surface area contributed by atoms with Gasteiger partial charge in [0, 0.05) is 29.0 Å². The van der Waals surface area contributed by atoms with Crippen molar-refractivity contribution in [1.29, 1.82) is 0 Å². The van der Waals surface area contributed by atoms with E-state index in [1.54, 1.807) is 30.0 Å². The monoisotopic (exact) mass is 353 g/mol. The molecule has 0 atom stereocenters. The number of methoxy groups -OCH3 is 1. The Morgan fingerprint density at radius 3 is 2.44 bits per heavy atom. The molecule has 0 radical (unpaired) electrons. The molecule has 128 valence electrons. The molecule has 2 aromatic rings. The van der Waals surface area contributed by atoms with Crippen molar-refractivity contribution in [2.24, 2.45) is 0 Å². The van der Waals surface area contributed by atoms with Crippen LogP contribution in [-0.2, 0) is 9.53 Å². The highest BCUT2D eigenvalue weighted by molar-refractivity contribution is 7.98. The third-order valence-electron chi connectivity index (χ3n) is 3.31. The maximum atomic E-state index is 11.8. The summed E-state index contributed by atoms with van der Waals surface area (Å²) < 4.78 is 4.71. The first-order chi connectivity index (χ1) is 12.1. The Labute approximate surface area is 152 Å². The maximum absolute atomic E-state index is 11.8. The third-order valence-corrected chi connectivity index (χ3v) is 3.93. The summed E-state index contributed by atoms with van der Waals surface area (Å²) in [5, 5.41) is 2.87. The van der Waals surface area contributed by atoms with Crippen molar-refractivity contribution < 1.29 is 14.3 Å². The molecule has 2 aromatic carbocycles. The molecule has 0 aromatic heterocycles. The molecule has 1 amide bonds. The van der Waals surface area contributed by atoms with Crippen LogP contribution in [0.5, 0.6) is 0 Å². The van der Waals surface area contributed by atoms with Gasteiger partial charge < -0.3 is 10.1 Å². The SMILES string of the molecule is COC(=O)c1cccc(C#Cc2cccc(NC(=O)CCSC)c2)c1. The minimum absolute atomic E-state index is 0.00904. The number of hydrogen-bond donors (Lipinski definition) is 1. The average Bonchev–Trinajstić information content (AvgIpc) is 2.64. The molecule has 0 unspecified atom stereocenters. The van der Waals surface area contributed by atoms with Crippen LogP contribution in [0.2, 0.25) is 0 Å². The number of ether oxygens (including phenoxy) is 1. The first kappa shape index (κ1) is 18.6. The van der Waals surface area contributed by atoms with Crippen LogP contribution in [-0.4, -0.2) is 31.0 Å². The number of carbonyl (C=O) groups is 2. The van der Waals surface area contributed by atoms with Gasteiger partial charge in [0.25, 0.3) is 0 Å². The van der Waals surface area contributed by atoms with E-state index in [9.17, 15) is 9.59 Å². The molecule has 2 rings (SSSR count). The first-order valence-electron chi connectivity index (χ1n) is 7.71. The lowest BCUT2D eigenvalue weighted by atomic mass is 10.1. The molecule has 0 bridgehead atoms. The van der Waals surface area contributed by atoms with Crippen molar-refractivity contribution >= 4 is 29.3 Å². The molecule has 0 aliphatic rings. The first-order valence-corrected chi connectivity index (χ1v) is 9.11. The summed E-state index contributed by atoms with van der Waals surface area (Å²) in [5.74, 6) is 6.46. The number of benzene rings is 2. The zero-order valence-corrected chi connectivity index (χ0v) is 15.0. The van der Waals surface area contributed by atoms with Crippen molar-refractivity contribution in [3.63, 3.8) is 0 Å². The van der Waals surface area contributed by atoms with Gasteiger partial charge in [0.1, 0.15) is 0 Å². The van der Waals surface area contributed by atoms with E-state index < -0.39 is 5.97 Å². The second-order valence-electron chi connectivity index (χ2n) is 5.19. The van der Waals surface area contributed by atoms with E-state index in [1.165, 1.54) is 7.11 Å². The van der Waals surface area contributed by atoms with Crippen molar-refractivity contribution in [3.05, 3.63) is 65.2 Å². The van der Waals surface area contributed by atoms with E-state index >= 15 is 0 Å². The summed E-state index contributed by atoms with van der Waals surface area (Å²) in [6.07, 6.45) is 2.45. The second kappa shape index (κ2) is 9.55. The highest BCUT2D eigenvalue weighted by Crippen LogP contribution is 2.11. The minimum atomic E-state index is -0.390. The van der Waals surface area contributed by atoms with Crippen LogP contribution >= 0.6 is 11.8 Å². The summed E-state index contributed by atoms with van der Waals surface area (Å²) in [7, 11) is 1.35. The van der Waals surface area contributed by atoms with Gasteiger partial charge in [-0.2, -0.15) is 11.8 Å². The van der Waals surface area contributed by atoms with Crippen molar-refractivity contribution in [3.8, 4) is 11.8 Å². The molecule has 1 N–H and O–H groups in total. The second-order valence-corrected chi connectivity index (χ2v) is 6.18. The van der Waals surface area contributed by atoms with Gasteiger partial charge in [0.05, 0.1) is 12.7 Å². The van der Waals surface area contributed by atoms with Gasteiger partial charge in [0.2, 0.25) is 5.91 Å². The van der Waals surface area contributed by atoms with Crippen LogP contribution in [0.3, 0.4) is 0 Å². The van der Waals surface area contributed by atoms with Gasteiger partial charge in [-0.1, -0.05) is 24.0 Å². The van der Waals surface area contributed by atoms with Gasteiger partial charge in [-0.3, -0.25) is 4.79 Å². The summed E-state index contributed by atoms with van der Waals surface area (Å²) in [5.41, 5.74) is 2.69. The molecule has 0 saturated carbocycles. The predicted octanol–water partition coefficient (Wildman–Crippen LogP) is 3.56. The van der Waals surface area contributed by atoms with Crippen molar-refractivity contribution in [2.75, 3.05) is 24.4 Å².